The van der Waals surface area contributed by atoms with Crippen LogP contribution in [-0.2, 0) is 13.1 Å². The van der Waals surface area contributed by atoms with Gasteiger partial charge >= 0.3 is 0 Å². The van der Waals surface area contributed by atoms with E-state index in [0.717, 1.165) is 11.1 Å². The van der Waals surface area contributed by atoms with Gasteiger partial charge in [0.2, 0.25) is 0 Å². The van der Waals surface area contributed by atoms with Gasteiger partial charge in [-0.05, 0) is 23.3 Å². The predicted molar refractivity (Wildman–Crippen MR) is 82.4 cm³/mol. The number of halogens is 1. The van der Waals surface area contributed by atoms with Crippen molar-refractivity contribution in [3.05, 3.63) is 84.2 Å². The summed E-state index contributed by atoms with van der Waals surface area (Å²) in [4.78, 5) is 3.97. The Morgan fingerprint density at radius 2 is 1.95 bits per heavy atom. The van der Waals surface area contributed by atoms with E-state index in [1.165, 1.54) is 12.4 Å². The minimum Gasteiger partial charge on any atom is -0.304 e. The molecular weight excluding hydrogens is 279 g/mol. The highest BCUT2D eigenvalue weighted by Gasteiger charge is 2.12. The van der Waals surface area contributed by atoms with Crippen LogP contribution in [0.1, 0.15) is 17.2 Å². The molecule has 0 amide bonds. The highest BCUT2D eigenvalue weighted by molar-refractivity contribution is 5.20. The van der Waals surface area contributed by atoms with Crippen LogP contribution in [0.15, 0.2) is 67.3 Å². The van der Waals surface area contributed by atoms with Crippen LogP contribution in [0.2, 0.25) is 0 Å². The van der Waals surface area contributed by atoms with Crippen molar-refractivity contribution in [3.8, 4) is 0 Å². The van der Waals surface area contributed by atoms with Crippen LogP contribution < -0.4 is 5.32 Å². The van der Waals surface area contributed by atoms with E-state index < -0.39 is 0 Å². The van der Waals surface area contributed by atoms with E-state index >= 15 is 0 Å². The van der Waals surface area contributed by atoms with Crippen LogP contribution >= 0.6 is 0 Å². The van der Waals surface area contributed by atoms with Crippen LogP contribution in [0, 0.1) is 5.82 Å². The second-order valence-electron chi connectivity index (χ2n) is 5.09. The molecule has 3 rings (SSSR count). The first-order valence-corrected chi connectivity index (χ1v) is 7.16. The molecule has 0 bridgehead atoms. The summed E-state index contributed by atoms with van der Waals surface area (Å²) in [7, 11) is 0. The lowest BCUT2D eigenvalue weighted by Gasteiger charge is -2.19. The molecule has 0 aliphatic carbocycles. The molecular formula is C17H17FN4. The third-order valence-corrected chi connectivity index (χ3v) is 3.48. The van der Waals surface area contributed by atoms with Gasteiger partial charge in [0, 0.05) is 6.54 Å². The van der Waals surface area contributed by atoms with E-state index in [4.69, 9.17) is 0 Å². The second kappa shape index (κ2) is 6.95. The summed E-state index contributed by atoms with van der Waals surface area (Å²) in [5, 5.41) is 7.62. The number of hydrogen-bond acceptors (Lipinski definition) is 3. The summed E-state index contributed by atoms with van der Waals surface area (Å²) in [5.41, 5.74) is 2.08. The van der Waals surface area contributed by atoms with Gasteiger partial charge in [-0.2, -0.15) is 5.10 Å². The Balaban J connectivity index is 1.73. The largest absolute Gasteiger partial charge is 0.304 e. The normalized spacial score (nSPS) is 12.2. The van der Waals surface area contributed by atoms with Crippen molar-refractivity contribution in [3.63, 3.8) is 0 Å². The molecule has 0 aliphatic heterocycles. The monoisotopic (exact) mass is 296 g/mol. The second-order valence-corrected chi connectivity index (χ2v) is 5.09. The van der Waals surface area contributed by atoms with Crippen molar-refractivity contribution < 1.29 is 4.39 Å². The molecule has 0 saturated carbocycles. The number of aromatic nitrogens is 3. The molecule has 5 heteroatoms. The van der Waals surface area contributed by atoms with Crippen LogP contribution in [-0.4, -0.2) is 14.8 Å². The maximum absolute atomic E-state index is 13.3. The van der Waals surface area contributed by atoms with Crippen LogP contribution in [0.25, 0.3) is 0 Å². The molecule has 0 unspecified atom stereocenters. The molecule has 1 N–H and O–H groups in total. The lowest BCUT2D eigenvalue weighted by molar-refractivity contribution is 0.436. The van der Waals surface area contributed by atoms with Gasteiger partial charge in [0.05, 0.1) is 12.6 Å². The van der Waals surface area contributed by atoms with Crippen molar-refractivity contribution in [1.29, 1.82) is 0 Å². The summed E-state index contributed by atoms with van der Waals surface area (Å²) < 4.78 is 15.1. The van der Waals surface area contributed by atoms with E-state index in [2.05, 4.69) is 27.5 Å². The smallest absolute Gasteiger partial charge is 0.137 e. The quantitative estimate of drug-likeness (QED) is 0.760. The zero-order chi connectivity index (χ0) is 15.2. The van der Waals surface area contributed by atoms with E-state index in [1.807, 2.05) is 24.3 Å². The zero-order valence-corrected chi connectivity index (χ0v) is 12.1. The molecule has 1 atom stereocenters. The molecule has 0 fully saturated rings. The SMILES string of the molecule is Fc1cccc(CN[C@H](Cn2cncn2)c2ccccc2)c1. The molecule has 0 radical (unpaired) electrons. The highest BCUT2D eigenvalue weighted by atomic mass is 19.1. The fourth-order valence-corrected chi connectivity index (χ4v) is 2.38. The summed E-state index contributed by atoms with van der Waals surface area (Å²) in [6, 6.07) is 16.8. The van der Waals surface area contributed by atoms with Crippen molar-refractivity contribution in [2.24, 2.45) is 0 Å². The standard InChI is InChI=1S/C17H17FN4/c18-16-8-4-5-14(9-16)10-20-17(11-22-13-19-12-21-22)15-6-2-1-3-7-15/h1-9,12-13,17,20H,10-11H2/t17-/m1/s1. The highest BCUT2D eigenvalue weighted by Crippen LogP contribution is 2.15. The summed E-state index contributed by atoms with van der Waals surface area (Å²) in [6.07, 6.45) is 3.22. The fourth-order valence-electron chi connectivity index (χ4n) is 2.38. The van der Waals surface area contributed by atoms with E-state index in [0.29, 0.717) is 13.1 Å². The lowest BCUT2D eigenvalue weighted by atomic mass is 10.1. The van der Waals surface area contributed by atoms with Crippen molar-refractivity contribution in [2.75, 3.05) is 0 Å². The molecule has 112 valence electrons. The van der Waals surface area contributed by atoms with Crippen molar-refractivity contribution >= 4 is 0 Å². The molecule has 0 spiro atoms. The van der Waals surface area contributed by atoms with Gasteiger partial charge in [0.15, 0.2) is 0 Å². The number of benzene rings is 2. The van der Waals surface area contributed by atoms with Crippen LogP contribution in [0.3, 0.4) is 0 Å². The van der Waals surface area contributed by atoms with E-state index in [-0.39, 0.29) is 11.9 Å². The maximum atomic E-state index is 13.3. The molecule has 22 heavy (non-hydrogen) atoms. The first-order chi connectivity index (χ1) is 10.8. The minimum absolute atomic E-state index is 0.0752. The van der Waals surface area contributed by atoms with Crippen LogP contribution in [0.5, 0.6) is 0 Å². The summed E-state index contributed by atoms with van der Waals surface area (Å²) in [6.45, 7) is 1.26. The Labute approximate surface area is 128 Å². The Hall–Kier alpha value is -2.53. The molecule has 2 aromatic carbocycles. The van der Waals surface area contributed by atoms with E-state index in [9.17, 15) is 4.39 Å². The molecule has 4 nitrogen and oxygen atoms in total. The summed E-state index contributed by atoms with van der Waals surface area (Å²) >= 11 is 0. The predicted octanol–water partition coefficient (Wildman–Crippen LogP) is 2.95. The number of rotatable bonds is 6. The van der Waals surface area contributed by atoms with E-state index in [1.54, 1.807) is 23.1 Å². The molecule has 1 aromatic heterocycles. The number of hydrogen-bond donors (Lipinski definition) is 1. The van der Waals surface area contributed by atoms with Crippen molar-refractivity contribution in [1.82, 2.24) is 20.1 Å². The van der Waals surface area contributed by atoms with Crippen molar-refractivity contribution in [2.45, 2.75) is 19.1 Å². The minimum atomic E-state index is -0.216. The first-order valence-electron chi connectivity index (χ1n) is 7.16. The van der Waals surface area contributed by atoms with Gasteiger partial charge in [-0.1, -0.05) is 42.5 Å². The fraction of sp³-hybridized carbons (Fsp3) is 0.176. The van der Waals surface area contributed by atoms with Gasteiger partial charge in [-0.3, -0.25) is 4.68 Å². The van der Waals surface area contributed by atoms with Gasteiger partial charge in [-0.15, -0.1) is 0 Å². The topological polar surface area (TPSA) is 42.7 Å². The lowest BCUT2D eigenvalue weighted by Crippen LogP contribution is -2.25. The van der Waals surface area contributed by atoms with Gasteiger partial charge in [-0.25, -0.2) is 9.37 Å². The molecule has 1 heterocycles. The molecule has 3 aromatic rings. The average Bonchev–Trinajstić information content (AvgIpc) is 3.05. The molecule has 0 saturated heterocycles. The Kier molecular flexibility index (Phi) is 4.56. The Morgan fingerprint density at radius 1 is 1.09 bits per heavy atom. The van der Waals surface area contributed by atoms with Crippen LogP contribution in [0.4, 0.5) is 4.39 Å². The number of nitrogens with one attached hydrogen (secondary N) is 1. The third-order valence-electron chi connectivity index (χ3n) is 3.48. The zero-order valence-electron chi connectivity index (χ0n) is 12.1. The van der Waals surface area contributed by atoms with Gasteiger partial charge in [0.25, 0.3) is 0 Å². The molecule has 0 aliphatic rings. The Bertz CT molecular complexity index is 698. The number of nitrogens with zero attached hydrogens (tertiary/aromatic N) is 3. The average molecular weight is 296 g/mol. The van der Waals surface area contributed by atoms with Gasteiger partial charge in [0.1, 0.15) is 18.5 Å². The summed E-state index contributed by atoms with van der Waals surface area (Å²) in [5.74, 6) is -0.216. The first kappa shape index (κ1) is 14.4. The maximum Gasteiger partial charge on any atom is 0.137 e. The van der Waals surface area contributed by atoms with Gasteiger partial charge < -0.3 is 5.32 Å². The Morgan fingerprint density at radius 3 is 2.68 bits per heavy atom. The third kappa shape index (κ3) is 3.77.